The molecule has 0 aromatic heterocycles. The number of nitrogens with one attached hydrogen (secondary N) is 1. The van der Waals surface area contributed by atoms with Crippen LogP contribution in [-0.2, 0) is 4.79 Å². The molecule has 60 valence electrons. The highest BCUT2D eigenvalue weighted by atomic mass is 16.3. The lowest BCUT2D eigenvalue weighted by molar-refractivity contribution is -0.136. The zero-order chi connectivity index (χ0) is 8.43. The van der Waals surface area contributed by atoms with Crippen molar-refractivity contribution in [2.75, 3.05) is 6.61 Å². The van der Waals surface area contributed by atoms with Crippen LogP contribution in [0.3, 0.4) is 0 Å². The monoisotopic (exact) mass is 153 g/mol. The van der Waals surface area contributed by atoms with Gasteiger partial charge < -0.3 is 10.4 Å². The molecule has 0 bridgehead atoms. The average Bonchev–Trinajstić information content (AvgIpc) is 1.99. The zero-order valence-corrected chi connectivity index (χ0v) is 6.37. The van der Waals surface area contributed by atoms with E-state index >= 15 is 0 Å². The number of carbonyl (C=O) groups is 1. The van der Waals surface area contributed by atoms with Crippen LogP contribution in [-0.4, -0.2) is 23.7 Å². The minimum atomic E-state index is -0.190. The molecule has 0 spiro atoms. The Bertz CT molecular complexity index is 207. The van der Waals surface area contributed by atoms with Crippen molar-refractivity contribution < 1.29 is 9.90 Å². The fraction of sp³-hybridized carbons (Fsp3) is 0.625. The molecule has 2 N–H and O–H groups in total. The summed E-state index contributed by atoms with van der Waals surface area (Å²) >= 11 is 0. The fourth-order valence-electron chi connectivity index (χ4n) is 1.24. The summed E-state index contributed by atoms with van der Waals surface area (Å²) in [7, 11) is 0. The van der Waals surface area contributed by atoms with Gasteiger partial charge in [0.15, 0.2) is 0 Å². The molecule has 11 heavy (non-hydrogen) atoms. The Balaban J connectivity index is 2.56. The molecule has 0 aromatic carbocycles. The predicted molar refractivity (Wildman–Crippen MR) is 40.5 cm³/mol. The van der Waals surface area contributed by atoms with Crippen molar-refractivity contribution in [2.45, 2.75) is 13.0 Å². The van der Waals surface area contributed by atoms with Crippen LogP contribution in [0.1, 0.15) is 6.92 Å². The second-order valence-corrected chi connectivity index (χ2v) is 2.84. The van der Waals surface area contributed by atoms with Crippen molar-refractivity contribution >= 4 is 5.91 Å². The lowest BCUT2D eigenvalue weighted by Crippen LogP contribution is -2.60. The van der Waals surface area contributed by atoms with E-state index in [0.29, 0.717) is 0 Å². The van der Waals surface area contributed by atoms with Gasteiger partial charge in [-0.05, 0) is 5.92 Å². The third-order valence-corrected chi connectivity index (χ3v) is 2.04. The van der Waals surface area contributed by atoms with Gasteiger partial charge in [-0.25, -0.2) is 0 Å². The molecule has 1 heterocycles. The normalized spacial score (nSPS) is 31.5. The van der Waals surface area contributed by atoms with E-state index in [1.807, 2.05) is 6.92 Å². The van der Waals surface area contributed by atoms with Gasteiger partial charge >= 0.3 is 0 Å². The summed E-state index contributed by atoms with van der Waals surface area (Å²) in [4.78, 5) is 10.9. The summed E-state index contributed by atoms with van der Waals surface area (Å²) in [6.07, 6.45) is 5.13. The van der Waals surface area contributed by atoms with Gasteiger partial charge in [0.25, 0.3) is 0 Å². The van der Waals surface area contributed by atoms with Crippen LogP contribution in [0.2, 0.25) is 0 Å². The molecule has 0 radical (unpaired) electrons. The Morgan fingerprint density at radius 3 is 2.91 bits per heavy atom. The molecular weight excluding hydrogens is 142 g/mol. The highest BCUT2D eigenvalue weighted by Gasteiger charge is 2.41. The Kier molecular flexibility index (Phi) is 2.16. The highest BCUT2D eigenvalue weighted by Crippen LogP contribution is 2.22. The van der Waals surface area contributed by atoms with E-state index in [2.05, 4.69) is 11.2 Å². The number of aliphatic hydroxyl groups excluding tert-OH is 1. The summed E-state index contributed by atoms with van der Waals surface area (Å²) in [6, 6.07) is -0.176. The number of carbonyl (C=O) groups excluding carboxylic acids is 1. The van der Waals surface area contributed by atoms with Gasteiger partial charge in [0.05, 0.1) is 5.92 Å². The highest BCUT2D eigenvalue weighted by molar-refractivity contribution is 5.87. The Hall–Kier alpha value is -1.01. The summed E-state index contributed by atoms with van der Waals surface area (Å²) in [5, 5.41) is 11.3. The smallest absolute Gasteiger partial charge is 0.227 e. The molecule has 0 aromatic rings. The molecule has 1 saturated heterocycles. The van der Waals surface area contributed by atoms with Crippen molar-refractivity contribution in [3.8, 4) is 12.3 Å². The third kappa shape index (κ3) is 1.22. The van der Waals surface area contributed by atoms with Crippen LogP contribution in [0.5, 0.6) is 0 Å². The van der Waals surface area contributed by atoms with E-state index in [1.54, 1.807) is 0 Å². The summed E-state index contributed by atoms with van der Waals surface area (Å²) < 4.78 is 0. The lowest BCUT2D eigenvalue weighted by atomic mass is 9.81. The lowest BCUT2D eigenvalue weighted by Gasteiger charge is -2.36. The van der Waals surface area contributed by atoms with Crippen LogP contribution in [0.25, 0.3) is 0 Å². The summed E-state index contributed by atoms with van der Waals surface area (Å²) in [5.41, 5.74) is 0. The first-order valence-corrected chi connectivity index (χ1v) is 3.58. The molecule has 0 saturated carbocycles. The Morgan fingerprint density at radius 1 is 1.91 bits per heavy atom. The van der Waals surface area contributed by atoms with Crippen LogP contribution in [0.4, 0.5) is 0 Å². The predicted octanol–water partition coefficient (Wildman–Crippen LogP) is -0.637. The van der Waals surface area contributed by atoms with E-state index in [0.717, 1.165) is 0 Å². The summed E-state index contributed by atoms with van der Waals surface area (Å²) in [5.74, 6) is 2.18. The van der Waals surface area contributed by atoms with E-state index in [-0.39, 0.29) is 30.4 Å². The number of hydrogen-bond donors (Lipinski definition) is 2. The van der Waals surface area contributed by atoms with Crippen molar-refractivity contribution in [3.05, 3.63) is 0 Å². The molecular formula is C8H11NO2. The minimum absolute atomic E-state index is 0.0102. The number of amides is 1. The van der Waals surface area contributed by atoms with E-state index in [1.165, 1.54) is 0 Å². The molecule has 3 unspecified atom stereocenters. The van der Waals surface area contributed by atoms with Gasteiger partial charge in [0.1, 0.15) is 6.04 Å². The first kappa shape index (κ1) is 8.09. The Labute approximate surface area is 65.8 Å². The fourth-order valence-corrected chi connectivity index (χ4v) is 1.24. The maximum atomic E-state index is 10.9. The minimum Gasteiger partial charge on any atom is -0.396 e. The second kappa shape index (κ2) is 2.93. The number of terminal acetylenes is 1. The number of rotatable bonds is 2. The van der Waals surface area contributed by atoms with Gasteiger partial charge in [-0.15, -0.1) is 6.42 Å². The van der Waals surface area contributed by atoms with Crippen LogP contribution >= 0.6 is 0 Å². The molecule has 0 aliphatic carbocycles. The zero-order valence-electron chi connectivity index (χ0n) is 6.37. The first-order valence-electron chi connectivity index (χ1n) is 3.58. The van der Waals surface area contributed by atoms with E-state index in [4.69, 9.17) is 11.5 Å². The van der Waals surface area contributed by atoms with Gasteiger partial charge in [-0.1, -0.05) is 12.8 Å². The maximum Gasteiger partial charge on any atom is 0.227 e. The SMILES string of the molecule is C#CC1NC(=O)C1C(C)CO. The number of β-lactam (4-membered cyclic amide) rings is 1. The molecule has 1 amide bonds. The molecule has 1 fully saturated rings. The third-order valence-electron chi connectivity index (χ3n) is 2.04. The van der Waals surface area contributed by atoms with Crippen molar-refractivity contribution in [3.63, 3.8) is 0 Å². The van der Waals surface area contributed by atoms with Crippen LogP contribution in [0, 0.1) is 24.2 Å². The number of aliphatic hydroxyl groups is 1. The molecule has 1 aliphatic heterocycles. The average molecular weight is 153 g/mol. The standard InChI is InChI=1S/C8H11NO2/c1-3-6-7(5(2)4-10)8(11)9-6/h1,5-7,10H,4H2,2H3,(H,9,11). The molecule has 1 aliphatic rings. The van der Waals surface area contributed by atoms with Crippen LogP contribution in [0.15, 0.2) is 0 Å². The molecule has 3 heteroatoms. The molecule has 1 rings (SSSR count). The van der Waals surface area contributed by atoms with E-state index in [9.17, 15) is 4.79 Å². The van der Waals surface area contributed by atoms with Gasteiger partial charge in [0, 0.05) is 6.61 Å². The van der Waals surface area contributed by atoms with Crippen LogP contribution < -0.4 is 5.32 Å². The topological polar surface area (TPSA) is 49.3 Å². The van der Waals surface area contributed by atoms with Gasteiger partial charge in [-0.3, -0.25) is 4.79 Å². The first-order chi connectivity index (χ1) is 5.20. The number of hydrogen-bond acceptors (Lipinski definition) is 2. The largest absolute Gasteiger partial charge is 0.396 e. The van der Waals surface area contributed by atoms with Crippen molar-refractivity contribution in [1.82, 2.24) is 5.32 Å². The van der Waals surface area contributed by atoms with Gasteiger partial charge in [0.2, 0.25) is 5.91 Å². The maximum absolute atomic E-state index is 10.9. The van der Waals surface area contributed by atoms with Gasteiger partial charge in [-0.2, -0.15) is 0 Å². The quantitative estimate of drug-likeness (QED) is 0.409. The van der Waals surface area contributed by atoms with Crippen molar-refractivity contribution in [2.24, 2.45) is 11.8 Å². The summed E-state index contributed by atoms with van der Waals surface area (Å²) in [6.45, 7) is 1.82. The van der Waals surface area contributed by atoms with E-state index < -0.39 is 0 Å². The molecule has 3 atom stereocenters. The molecule has 3 nitrogen and oxygen atoms in total. The van der Waals surface area contributed by atoms with Crippen molar-refractivity contribution in [1.29, 1.82) is 0 Å². The Morgan fingerprint density at radius 2 is 2.55 bits per heavy atom. The second-order valence-electron chi connectivity index (χ2n) is 2.84.